The van der Waals surface area contributed by atoms with Crippen LogP contribution in [0.1, 0.15) is 40.5 Å². The standard InChI is InChI=1S/C11H15F.C2H6.C2H4/c1-3-4-5-10-8-11(12)7-6-9(10)2;2*1-2/h3-4,6,8,11H,5,7H2,1-2H3;1-2H3;1-2H2/b4-3+;;. The van der Waals surface area contributed by atoms with E-state index in [-0.39, 0.29) is 0 Å². The lowest BCUT2D eigenvalue weighted by Crippen LogP contribution is -2.02. The van der Waals surface area contributed by atoms with Crippen molar-refractivity contribution >= 4 is 0 Å². The molecule has 1 atom stereocenters. The first-order valence-electron chi connectivity index (χ1n) is 5.87. The molecule has 0 fully saturated rings. The van der Waals surface area contributed by atoms with Gasteiger partial charge in [-0.2, -0.15) is 0 Å². The first kappa shape index (κ1) is 17.3. The van der Waals surface area contributed by atoms with Gasteiger partial charge in [-0.05, 0) is 31.9 Å². The molecule has 0 aromatic heterocycles. The van der Waals surface area contributed by atoms with Gasteiger partial charge < -0.3 is 0 Å². The van der Waals surface area contributed by atoms with E-state index < -0.39 is 6.17 Å². The molecule has 0 aromatic carbocycles. The summed E-state index contributed by atoms with van der Waals surface area (Å²) in [4.78, 5) is 0. The van der Waals surface area contributed by atoms with Crippen LogP contribution >= 0.6 is 0 Å². The molecular weight excluding hydrogens is 199 g/mol. The molecule has 0 N–H and O–H groups in total. The Morgan fingerprint density at radius 2 is 2.00 bits per heavy atom. The molecule has 1 aliphatic rings. The third-order valence-corrected chi connectivity index (χ3v) is 2.11. The zero-order valence-corrected chi connectivity index (χ0v) is 11.1. The lowest BCUT2D eigenvalue weighted by molar-refractivity contribution is 0.398. The number of halogens is 1. The Morgan fingerprint density at radius 1 is 1.44 bits per heavy atom. The molecule has 0 saturated heterocycles. The summed E-state index contributed by atoms with van der Waals surface area (Å²) in [7, 11) is 0. The van der Waals surface area contributed by atoms with Crippen LogP contribution in [0, 0.1) is 0 Å². The van der Waals surface area contributed by atoms with E-state index in [1.807, 2.05) is 39.8 Å². The van der Waals surface area contributed by atoms with Crippen LogP contribution in [0.2, 0.25) is 0 Å². The van der Waals surface area contributed by atoms with Crippen LogP contribution < -0.4 is 0 Å². The van der Waals surface area contributed by atoms with Gasteiger partial charge in [0, 0.05) is 6.42 Å². The van der Waals surface area contributed by atoms with Gasteiger partial charge in [-0.3, -0.25) is 0 Å². The molecule has 0 saturated carbocycles. The molecule has 0 aromatic rings. The quantitative estimate of drug-likeness (QED) is 0.551. The Balaban J connectivity index is 0. The molecule has 0 nitrogen and oxygen atoms in total. The molecule has 1 heteroatoms. The van der Waals surface area contributed by atoms with E-state index in [0.29, 0.717) is 6.42 Å². The summed E-state index contributed by atoms with van der Waals surface area (Å²) in [5.41, 5.74) is 2.36. The Morgan fingerprint density at radius 3 is 2.50 bits per heavy atom. The monoisotopic (exact) mass is 224 g/mol. The van der Waals surface area contributed by atoms with E-state index in [0.717, 1.165) is 12.0 Å². The van der Waals surface area contributed by atoms with Crippen LogP contribution in [0.25, 0.3) is 0 Å². The average molecular weight is 224 g/mol. The lowest BCUT2D eigenvalue weighted by atomic mass is 9.95. The number of alkyl halides is 1. The topological polar surface area (TPSA) is 0 Å². The second-order valence-electron chi connectivity index (χ2n) is 3.10. The fourth-order valence-corrected chi connectivity index (χ4v) is 1.31. The molecule has 0 bridgehead atoms. The Labute approximate surface area is 100 Å². The van der Waals surface area contributed by atoms with Crippen molar-refractivity contribution in [1.29, 1.82) is 0 Å². The Hall–Kier alpha value is -1.11. The van der Waals surface area contributed by atoms with Crippen molar-refractivity contribution in [3.63, 3.8) is 0 Å². The SMILES string of the molecule is C/C=C/CC1=CC(F)CC=C1C.C=C.CC. The van der Waals surface area contributed by atoms with Gasteiger partial charge in [-0.25, -0.2) is 4.39 Å². The molecule has 0 amide bonds. The zero-order valence-electron chi connectivity index (χ0n) is 11.1. The van der Waals surface area contributed by atoms with Crippen molar-refractivity contribution in [1.82, 2.24) is 0 Å². The van der Waals surface area contributed by atoms with Crippen molar-refractivity contribution in [2.45, 2.75) is 46.7 Å². The van der Waals surface area contributed by atoms with E-state index in [2.05, 4.69) is 19.2 Å². The van der Waals surface area contributed by atoms with Crippen LogP contribution in [0.5, 0.6) is 0 Å². The summed E-state index contributed by atoms with van der Waals surface area (Å²) in [5, 5.41) is 0. The summed E-state index contributed by atoms with van der Waals surface area (Å²) in [6.07, 6.45) is 8.40. The molecular formula is C15H25F. The first-order chi connectivity index (χ1) is 7.74. The molecule has 1 unspecified atom stereocenters. The van der Waals surface area contributed by atoms with Crippen LogP contribution in [-0.4, -0.2) is 6.17 Å². The fourth-order valence-electron chi connectivity index (χ4n) is 1.31. The number of rotatable bonds is 2. The van der Waals surface area contributed by atoms with Crippen LogP contribution in [0.15, 0.2) is 48.6 Å². The highest BCUT2D eigenvalue weighted by atomic mass is 19.1. The molecule has 92 valence electrons. The van der Waals surface area contributed by atoms with Crippen molar-refractivity contribution in [3.05, 3.63) is 48.6 Å². The molecule has 16 heavy (non-hydrogen) atoms. The van der Waals surface area contributed by atoms with E-state index in [1.165, 1.54) is 5.57 Å². The summed E-state index contributed by atoms with van der Waals surface area (Å²) in [6, 6.07) is 0. The van der Waals surface area contributed by atoms with Crippen molar-refractivity contribution < 1.29 is 4.39 Å². The molecule has 0 aliphatic heterocycles. The molecule has 1 aliphatic carbocycles. The van der Waals surface area contributed by atoms with Gasteiger partial charge in [0.05, 0.1) is 0 Å². The summed E-state index contributed by atoms with van der Waals surface area (Å²) in [6.45, 7) is 14.0. The molecule has 0 radical (unpaired) electrons. The van der Waals surface area contributed by atoms with E-state index in [4.69, 9.17) is 0 Å². The second kappa shape index (κ2) is 12.0. The maximum atomic E-state index is 12.9. The second-order valence-corrected chi connectivity index (χ2v) is 3.10. The Bertz CT molecular complexity index is 246. The zero-order chi connectivity index (χ0) is 13.0. The van der Waals surface area contributed by atoms with Gasteiger partial charge in [-0.1, -0.05) is 37.6 Å². The van der Waals surface area contributed by atoms with Crippen molar-refractivity contribution in [3.8, 4) is 0 Å². The average Bonchev–Trinajstić information content (AvgIpc) is 2.35. The highest BCUT2D eigenvalue weighted by Gasteiger charge is 2.10. The third-order valence-electron chi connectivity index (χ3n) is 2.11. The summed E-state index contributed by atoms with van der Waals surface area (Å²) in [5.74, 6) is 0. The maximum Gasteiger partial charge on any atom is 0.122 e. The van der Waals surface area contributed by atoms with Crippen LogP contribution in [0.3, 0.4) is 0 Å². The van der Waals surface area contributed by atoms with Gasteiger partial charge in [0.25, 0.3) is 0 Å². The Kier molecular flexibility index (Phi) is 12.9. The molecule has 0 heterocycles. The minimum Gasteiger partial charge on any atom is -0.243 e. The number of hydrogen-bond donors (Lipinski definition) is 0. The van der Waals surface area contributed by atoms with E-state index in [1.54, 1.807) is 6.08 Å². The number of hydrogen-bond acceptors (Lipinski definition) is 0. The highest BCUT2D eigenvalue weighted by Crippen LogP contribution is 2.23. The molecule has 0 spiro atoms. The maximum absolute atomic E-state index is 12.9. The van der Waals surface area contributed by atoms with E-state index >= 15 is 0 Å². The van der Waals surface area contributed by atoms with Gasteiger partial charge in [0.15, 0.2) is 0 Å². The van der Waals surface area contributed by atoms with Crippen LogP contribution in [0.4, 0.5) is 4.39 Å². The normalized spacial score (nSPS) is 18.7. The van der Waals surface area contributed by atoms with Crippen molar-refractivity contribution in [2.24, 2.45) is 0 Å². The number of allylic oxidation sites excluding steroid dienone is 6. The van der Waals surface area contributed by atoms with Gasteiger partial charge in [0.1, 0.15) is 6.17 Å². The molecule has 1 rings (SSSR count). The summed E-state index contributed by atoms with van der Waals surface area (Å²) >= 11 is 0. The summed E-state index contributed by atoms with van der Waals surface area (Å²) < 4.78 is 12.9. The minimum absolute atomic E-state index is 0.547. The van der Waals surface area contributed by atoms with Gasteiger partial charge in [-0.15, -0.1) is 13.2 Å². The van der Waals surface area contributed by atoms with Gasteiger partial charge >= 0.3 is 0 Å². The highest BCUT2D eigenvalue weighted by molar-refractivity contribution is 5.35. The smallest absolute Gasteiger partial charge is 0.122 e. The third kappa shape index (κ3) is 7.22. The fraction of sp³-hybridized carbons (Fsp3) is 0.467. The lowest BCUT2D eigenvalue weighted by Gasteiger charge is -2.13. The van der Waals surface area contributed by atoms with Crippen LogP contribution in [-0.2, 0) is 0 Å². The first-order valence-corrected chi connectivity index (χ1v) is 5.87. The predicted octanol–water partition coefficient (Wildman–Crippen LogP) is 5.40. The largest absolute Gasteiger partial charge is 0.243 e. The minimum atomic E-state index is -0.769. The predicted molar refractivity (Wildman–Crippen MR) is 73.4 cm³/mol. The van der Waals surface area contributed by atoms with E-state index in [9.17, 15) is 4.39 Å². The van der Waals surface area contributed by atoms with Gasteiger partial charge in [0.2, 0.25) is 0 Å². The van der Waals surface area contributed by atoms with Crippen molar-refractivity contribution in [2.75, 3.05) is 0 Å².